The Hall–Kier alpha value is -2.99. The van der Waals surface area contributed by atoms with E-state index in [1.54, 1.807) is 12.1 Å². The van der Waals surface area contributed by atoms with Gasteiger partial charge in [-0.05, 0) is 23.8 Å². The summed E-state index contributed by atoms with van der Waals surface area (Å²) in [5.74, 6) is 0.165. The number of hydrogen-bond donors (Lipinski definition) is 1. The molecule has 1 heterocycles. The first-order chi connectivity index (χ1) is 13.1. The molecule has 1 aliphatic heterocycles. The number of allylic oxidation sites excluding steroid dienone is 1. The number of anilines is 1. The average molecular weight is 369 g/mol. The Morgan fingerprint density at radius 1 is 1.15 bits per heavy atom. The number of phenolic OH excluding ortho intramolecular Hbond substituents is 1. The fourth-order valence-electron chi connectivity index (χ4n) is 3.00. The Bertz CT molecular complexity index is 840. The second-order valence-corrected chi connectivity index (χ2v) is 6.12. The highest BCUT2D eigenvalue weighted by molar-refractivity contribution is 6.10. The summed E-state index contributed by atoms with van der Waals surface area (Å²) in [6.07, 6.45) is 3.16. The fraction of sp³-hybridized carbons (Fsp3) is 0.286. The van der Waals surface area contributed by atoms with Crippen molar-refractivity contribution >= 4 is 17.5 Å². The van der Waals surface area contributed by atoms with E-state index in [2.05, 4.69) is 4.90 Å². The molecule has 6 heteroatoms. The Morgan fingerprint density at radius 2 is 1.93 bits per heavy atom. The van der Waals surface area contributed by atoms with Crippen molar-refractivity contribution in [3.8, 4) is 17.2 Å². The first kappa shape index (κ1) is 18.8. The van der Waals surface area contributed by atoms with Crippen molar-refractivity contribution in [1.29, 1.82) is 0 Å². The molecule has 0 bridgehead atoms. The minimum Gasteiger partial charge on any atom is -0.507 e. The first-order valence-corrected chi connectivity index (χ1v) is 8.72. The lowest BCUT2D eigenvalue weighted by molar-refractivity contribution is 0.104. The number of rotatable bonds is 6. The molecule has 0 aromatic heterocycles. The lowest BCUT2D eigenvalue weighted by Gasteiger charge is -2.29. The zero-order chi connectivity index (χ0) is 19.2. The van der Waals surface area contributed by atoms with Crippen LogP contribution >= 0.6 is 0 Å². The molecular weight excluding hydrogens is 346 g/mol. The van der Waals surface area contributed by atoms with Crippen molar-refractivity contribution in [2.24, 2.45) is 0 Å². The topological polar surface area (TPSA) is 68.2 Å². The van der Waals surface area contributed by atoms with Gasteiger partial charge in [-0.25, -0.2) is 0 Å². The molecule has 0 saturated carbocycles. The molecule has 2 aromatic carbocycles. The summed E-state index contributed by atoms with van der Waals surface area (Å²) >= 11 is 0. The number of ether oxygens (including phenoxy) is 3. The van der Waals surface area contributed by atoms with Gasteiger partial charge in [0.2, 0.25) is 0 Å². The number of methoxy groups -OCH3 is 2. The van der Waals surface area contributed by atoms with Crippen molar-refractivity contribution in [2.45, 2.75) is 0 Å². The molecule has 0 unspecified atom stereocenters. The molecule has 1 saturated heterocycles. The van der Waals surface area contributed by atoms with Crippen LogP contribution in [0.4, 0.5) is 5.69 Å². The quantitative estimate of drug-likeness (QED) is 0.623. The van der Waals surface area contributed by atoms with Gasteiger partial charge in [-0.3, -0.25) is 4.79 Å². The molecule has 0 aliphatic carbocycles. The molecule has 0 amide bonds. The smallest absolute Gasteiger partial charge is 0.193 e. The number of morpholine rings is 1. The summed E-state index contributed by atoms with van der Waals surface area (Å²) in [4.78, 5) is 14.9. The van der Waals surface area contributed by atoms with E-state index in [9.17, 15) is 9.90 Å². The van der Waals surface area contributed by atoms with E-state index in [-0.39, 0.29) is 22.8 Å². The number of aromatic hydroxyl groups is 1. The number of nitrogens with zero attached hydrogens (tertiary/aromatic N) is 1. The summed E-state index contributed by atoms with van der Waals surface area (Å²) < 4.78 is 15.7. The van der Waals surface area contributed by atoms with Gasteiger partial charge >= 0.3 is 0 Å². The number of carbonyl (C=O) groups excluding carboxylic acids is 1. The Kier molecular flexibility index (Phi) is 5.98. The van der Waals surface area contributed by atoms with Crippen LogP contribution in [-0.2, 0) is 4.74 Å². The third kappa shape index (κ3) is 4.41. The van der Waals surface area contributed by atoms with Crippen LogP contribution in [0.15, 0.2) is 42.5 Å². The Morgan fingerprint density at radius 3 is 2.63 bits per heavy atom. The molecule has 27 heavy (non-hydrogen) atoms. The fourth-order valence-corrected chi connectivity index (χ4v) is 3.00. The van der Waals surface area contributed by atoms with Crippen molar-refractivity contribution < 1.29 is 24.1 Å². The van der Waals surface area contributed by atoms with Crippen LogP contribution in [0.5, 0.6) is 17.2 Å². The zero-order valence-corrected chi connectivity index (χ0v) is 15.5. The highest BCUT2D eigenvalue weighted by atomic mass is 16.5. The lowest BCUT2D eigenvalue weighted by Crippen LogP contribution is -2.36. The van der Waals surface area contributed by atoms with E-state index in [1.807, 2.05) is 24.3 Å². The summed E-state index contributed by atoms with van der Waals surface area (Å²) in [5.41, 5.74) is 2.11. The molecular formula is C21H23NO5. The maximum atomic E-state index is 12.6. The number of hydrogen-bond acceptors (Lipinski definition) is 6. The van der Waals surface area contributed by atoms with E-state index < -0.39 is 0 Å². The van der Waals surface area contributed by atoms with Crippen molar-refractivity contribution in [1.82, 2.24) is 0 Å². The van der Waals surface area contributed by atoms with E-state index in [1.165, 1.54) is 26.4 Å². The van der Waals surface area contributed by atoms with Crippen molar-refractivity contribution in [2.75, 3.05) is 45.4 Å². The van der Waals surface area contributed by atoms with Crippen LogP contribution in [0.25, 0.3) is 6.08 Å². The number of benzene rings is 2. The summed E-state index contributed by atoms with van der Waals surface area (Å²) in [5, 5.41) is 10.2. The zero-order valence-electron chi connectivity index (χ0n) is 15.5. The lowest BCUT2D eigenvalue weighted by atomic mass is 10.1. The molecule has 0 spiro atoms. The molecule has 0 atom stereocenters. The van der Waals surface area contributed by atoms with Crippen LogP contribution in [-0.4, -0.2) is 51.4 Å². The number of phenols is 1. The normalized spacial score (nSPS) is 14.4. The van der Waals surface area contributed by atoms with E-state index in [0.717, 1.165) is 37.6 Å². The van der Waals surface area contributed by atoms with Gasteiger partial charge in [0.05, 0.1) is 27.4 Å². The molecule has 0 radical (unpaired) electrons. The van der Waals surface area contributed by atoms with Crippen LogP contribution in [0.1, 0.15) is 15.9 Å². The number of carbonyl (C=O) groups is 1. The third-order valence-corrected chi connectivity index (χ3v) is 4.43. The van der Waals surface area contributed by atoms with Gasteiger partial charge in [-0.1, -0.05) is 18.2 Å². The van der Waals surface area contributed by atoms with Gasteiger partial charge < -0.3 is 24.2 Å². The highest BCUT2D eigenvalue weighted by Gasteiger charge is 2.17. The molecule has 142 valence electrons. The molecule has 6 nitrogen and oxygen atoms in total. The summed E-state index contributed by atoms with van der Waals surface area (Å²) in [6.45, 7) is 3.14. The van der Waals surface area contributed by atoms with E-state index in [4.69, 9.17) is 14.2 Å². The molecule has 1 fully saturated rings. The van der Waals surface area contributed by atoms with E-state index in [0.29, 0.717) is 5.75 Å². The second kappa shape index (κ2) is 8.60. The highest BCUT2D eigenvalue weighted by Crippen LogP contribution is 2.34. The number of ketones is 1. The summed E-state index contributed by atoms with van der Waals surface area (Å²) in [7, 11) is 2.93. The molecule has 1 N–H and O–H groups in total. The standard InChI is InChI=1S/C21H23NO5/c1-25-17-13-19(24)21(20(14-17)26-2)18(23)7-6-15-4-3-5-16(12-15)22-8-10-27-11-9-22/h3-7,12-14,24H,8-11H2,1-2H3/b7-6+. The minimum atomic E-state index is -0.344. The largest absolute Gasteiger partial charge is 0.507 e. The minimum absolute atomic E-state index is 0.110. The van der Waals surface area contributed by atoms with Crippen LogP contribution < -0.4 is 14.4 Å². The van der Waals surface area contributed by atoms with Crippen LogP contribution in [0.3, 0.4) is 0 Å². The Balaban J connectivity index is 1.81. The summed E-state index contributed by atoms with van der Waals surface area (Å²) in [6, 6.07) is 10.9. The van der Waals surface area contributed by atoms with Crippen molar-refractivity contribution in [3.63, 3.8) is 0 Å². The maximum absolute atomic E-state index is 12.6. The second-order valence-electron chi connectivity index (χ2n) is 6.12. The maximum Gasteiger partial charge on any atom is 0.193 e. The Labute approximate surface area is 158 Å². The SMILES string of the molecule is COc1cc(O)c(C(=O)/C=C/c2cccc(N3CCOCC3)c2)c(OC)c1. The van der Waals surface area contributed by atoms with Crippen molar-refractivity contribution in [3.05, 3.63) is 53.6 Å². The average Bonchev–Trinajstić information content (AvgIpc) is 2.72. The molecule has 2 aromatic rings. The predicted molar refractivity (Wildman–Crippen MR) is 104 cm³/mol. The van der Waals surface area contributed by atoms with Gasteiger partial charge in [-0.2, -0.15) is 0 Å². The third-order valence-electron chi connectivity index (χ3n) is 4.43. The van der Waals surface area contributed by atoms with Crippen LogP contribution in [0.2, 0.25) is 0 Å². The van der Waals surface area contributed by atoms with E-state index >= 15 is 0 Å². The van der Waals surface area contributed by atoms with Gasteiger partial charge in [0, 0.05) is 30.9 Å². The van der Waals surface area contributed by atoms with Crippen LogP contribution in [0, 0.1) is 0 Å². The van der Waals surface area contributed by atoms with Gasteiger partial charge in [0.15, 0.2) is 5.78 Å². The first-order valence-electron chi connectivity index (χ1n) is 8.72. The molecule has 1 aliphatic rings. The van der Waals surface area contributed by atoms with Gasteiger partial charge in [0.25, 0.3) is 0 Å². The molecule has 3 rings (SSSR count). The van der Waals surface area contributed by atoms with Gasteiger partial charge in [-0.15, -0.1) is 0 Å². The monoisotopic (exact) mass is 369 g/mol. The predicted octanol–water partition coefficient (Wildman–Crippen LogP) is 3.14. The van der Waals surface area contributed by atoms with Gasteiger partial charge in [0.1, 0.15) is 22.8 Å².